The van der Waals surface area contributed by atoms with Gasteiger partial charge in [0.15, 0.2) is 0 Å². The Kier molecular flexibility index (Phi) is 6.66. The normalized spacial score (nSPS) is 16.5. The summed E-state index contributed by atoms with van der Waals surface area (Å²) in [5.41, 5.74) is -0.973. The summed E-state index contributed by atoms with van der Waals surface area (Å²) in [7, 11) is -3.26. The van der Waals surface area contributed by atoms with Crippen LogP contribution in [0.2, 0.25) is 0 Å². The molecule has 104 valence electrons. The highest BCUT2D eigenvalue weighted by Gasteiger charge is 2.24. The lowest BCUT2D eigenvalue weighted by Gasteiger charge is -2.25. The Balaban J connectivity index is 4.17. The van der Waals surface area contributed by atoms with Crippen molar-refractivity contribution in [1.82, 2.24) is 4.72 Å². The van der Waals surface area contributed by atoms with Crippen LogP contribution in [0.25, 0.3) is 0 Å². The first-order chi connectivity index (χ1) is 7.54. The summed E-state index contributed by atoms with van der Waals surface area (Å²) in [6, 6.07) is 0. The second-order valence-corrected chi connectivity index (χ2v) is 7.84. The molecule has 4 nitrogen and oxygen atoms in total. The van der Waals surface area contributed by atoms with Crippen LogP contribution in [0.1, 0.15) is 47.5 Å². The van der Waals surface area contributed by atoms with Gasteiger partial charge in [0.1, 0.15) is 0 Å². The molecule has 0 fully saturated rings. The molecular weight excluding hydrogens is 238 g/mol. The van der Waals surface area contributed by atoms with E-state index in [1.54, 1.807) is 6.92 Å². The van der Waals surface area contributed by atoms with Crippen LogP contribution in [-0.4, -0.2) is 31.4 Å². The van der Waals surface area contributed by atoms with Crippen LogP contribution < -0.4 is 4.72 Å². The van der Waals surface area contributed by atoms with Crippen molar-refractivity contribution in [2.45, 2.75) is 53.1 Å². The van der Waals surface area contributed by atoms with Gasteiger partial charge >= 0.3 is 0 Å². The average Bonchev–Trinajstić information content (AvgIpc) is 2.10. The molecule has 0 heterocycles. The molecule has 0 aromatic rings. The number of nitrogens with one attached hydrogen (secondary N) is 1. The van der Waals surface area contributed by atoms with Crippen LogP contribution >= 0.6 is 0 Å². The van der Waals surface area contributed by atoms with Gasteiger partial charge in [0.05, 0.1) is 11.4 Å². The SMILES string of the molecule is CC(C)CCS(=O)(=O)NCC(C)(O)CC(C)C. The van der Waals surface area contributed by atoms with Crippen LogP contribution in [-0.2, 0) is 10.0 Å². The van der Waals surface area contributed by atoms with E-state index in [0.717, 1.165) is 0 Å². The van der Waals surface area contributed by atoms with Gasteiger partial charge in [-0.3, -0.25) is 0 Å². The van der Waals surface area contributed by atoms with Crippen molar-refractivity contribution in [2.24, 2.45) is 11.8 Å². The van der Waals surface area contributed by atoms with E-state index >= 15 is 0 Å². The zero-order chi connectivity index (χ0) is 13.7. The Morgan fingerprint density at radius 2 is 1.71 bits per heavy atom. The van der Waals surface area contributed by atoms with Crippen LogP contribution in [0.3, 0.4) is 0 Å². The molecule has 0 aromatic heterocycles. The Bertz CT molecular complexity index is 308. The zero-order valence-corrected chi connectivity index (χ0v) is 12.5. The quantitative estimate of drug-likeness (QED) is 0.702. The predicted molar refractivity (Wildman–Crippen MR) is 71.3 cm³/mol. The van der Waals surface area contributed by atoms with Crippen LogP contribution in [0, 0.1) is 11.8 Å². The lowest BCUT2D eigenvalue weighted by molar-refractivity contribution is 0.0437. The maximum atomic E-state index is 11.6. The lowest BCUT2D eigenvalue weighted by Crippen LogP contribution is -2.42. The molecular formula is C12H27NO3S. The molecule has 0 saturated heterocycles. The molecule has 5 heteroatoms. The van der Waals surface area contributed by atoms with Crippen LogP contribution in [0.4, 0.5) is 0 Å². The van der Waals surface area contributed by atoms with Gasteiger partial charge in [-0.15, -0.1) is 0 Å². The molecule has 2 N–H and O–H groups in total. The molecule has 0 rings (SSSR count). The fourth-order valence-corrected chi connectivity index (χ4v) is 3.14. The Morgan fingerprint density at radius 1 is 1.18 bits per heavy atom. The van der Waals surface area contributed by atoms with Crippen molar-refractivity contribution in [3.05, 3.63) is 0 Å². The van der Waals surface area contributed by atoms with Crippen molar-refractivity contribution < 1.29 is 13.5 Å². The zero-order valence-electron chi connectivity index (χ0n) is 11.7. The molecule has 1 unspecified atom stereocenters. The number of hydrogen-bond acceptors (Lipinski definition) is 3. The highest BCUT2D eigenvalue weighted by Crippen LogP contribution is 2.15. The maximum Gasteiger partial charge on any atom is 0.211 e. The van der Waals surface area contributed by atoms with Crippen LogP contribution in [0.15, 0.2) is 0 Å². The van der Waals surface area contributed by atoms with Gasteiger partial charge in [-0.25, -0.2) is 13.1 Å². The van der Waals surface area contributed by atoms with E-state index in [2.05, 4.69) is 4.72 Å². The van der Waals surface area contributed by atoms with Crippen molar-refractivity contribution in [1.29, 1.82) is 0 Å². The molecule has 0 radical (unpaired) electrons. The number of rotatable bonds is 8. The predicted octanol–water partition coefficient (Wildman–Crippen LogP) is 1.75. The highest BCUT2D eigenvalue weighted by atomic mass is 32.2. The Hall–Kier alpha value is -0.130. The second kappa shape index (κ2) is 6.71. The van der Waals surface area contributed by atoms with E-state index in [0.29, 0.717) is 24.7 Å². The number of aliphatic hydroxyl groups is 1. The van der Waals surface area contributed by atoms with Gasteiger partial charge in [0, 0.05) is 6.54 Å². The summed E-state index contributed by atoms with van der Waals surface area (Å²) in [5.74, 6) is 0.829. The van der Waals surface area contributed by atoms with Gasteiger partial charge in [0.25, 0.3) is 0 Å². The van der Waals surface area contributed by atoms with Crippen molar-refractivity contribution in [3.8, 4) is 0 Å². The molecule has 17 heavy (non-hydrogen) atoms. The molecule has 0 spiro atoms. The van der Waals surface area contributed by atoms with Gasteiger partial charge < -0.3 is 5.11 Å². The largest absolute Gasteiger partial charge is 0.389 e. The third-order valence-corrected chi connectivity index (χ3v) is 3.84. The summed E-state index contributed by atoms with van der Waals surface area (Å²) >= 11 is 0. The molecule has 0 bridgehead atoms. The lowest BCUT2D eigenvalue weighted by atomic mass is 9.95. The first-order valence-corrected chi connectivity index (χ1v) is 7.89. The van der Waals surface area contributed by atoms with Gasteiger partial charge in [-0.05, 0) is 31.6 Å². The minimum Gasteiger partial charge on any atom is -0.389 e. The smallest absolute Gasteiger partial charge is 0.211 e. The van der Waals surface area contributed by atoms with Crippen molar-refractivity contribution in [2.75, 3.05) is 12.3 Å². The summed E-state index contributed by atoms with van der Waals surface area (Å²) in [6.07, 6.45) is 1.22. The maximum absolute atomic E-state index is 11.6. The van der Waals surface area contributed by atoms with E-state index in [-0.39, 0.29) is 12.3 Å². The van der Waals surface area contributed by atoms with E-state index in [9.17, 15) is 13.5 Å². The van der Waals surface area contributed by atoms with E-state index in [1.165, 1.54) is 0 Å². The van der Waals surface area contributed by atoms with Gasteiger partial charge in [-0.1, -0.05) is 27.7 Å². The molecule has 0 aliphatic carbocycles. The molecule has 0 aliphatic heterocycles. The number of sulfonamides is 1. The molecule has 0 saturated carbocycles. The van der Waals surface area contributed by atoms with E-state index < -0.39 is 15.6 Å². The monoisotopic (exact) mass is 265 g/mol. The molecule has 1 atom stereocenters. The number of hydrogen-bond donors (Lipinski definition) is 2. The first-order valence-electron chi connectivity index (χ1n) is 6.24. The fourth-order valence-electron chi connectivity index (χ4n) is 1.68. The van der Waals surface area contributed by atoms with E-state index in [4.69, 9.17) is 0 Å². The Labute approximate surface area is 106 Å². The average molecular weight is 265 g/mol. The van der Waals surface area contributed by atoms with Gasteiger partial charge in [-0.2, -0.15) is 0 Å². The van der Waals surface area contributed by atoms with Gasteiger partial charge in [0.2, 0.25) is 10.0 Å². The van der Waals surface area contributed by atoms with E-state index in [1.807, 2.05) is 27.7 Å². The Morgan fingerprint density at radius 3 is 2.12 bits per heavy atom. The van der Waals surface area contributed by atoms with Crippen molar-refractivity contribution in [3.63, 3.8) is 0 Å². The van der Waals surface area contributed by atoms with Crippen molar-refractivity contribution >= 4 is 10.0 Å². The molecule has 0 amide bonds. The molecule has 0 aromatic carbocycles. The minimum absolute atomic E-state index is 0.0889. The first kappa shape index (κ1) is 16.9. The third-order valence-electron chi connectivity index (χ3n) is 2.48. The summed E-state index contributed by atoms with van der Waals surface area (Å²) in [4.78, 5) is 0. The van der Waals surface area contributed by atoms with Crippen LogP contribution in [0.5, 0.6) is 0 Å². The standard InChI is InChI=1S/C12H27NO3S/c1-10(2)6-7-17(15,16)13-9-12(5,14)8-11(3)4/h10-11,13-14H,6-9H2,1-5H3. The highest BCUT2D eigenvalue weighted by molar-refractivity contribution is 7.89. The topological polar surface area (TPSA) is 66.4 Å². The third kappa shape index (κ3) is 9.56. The summed E-state index contributed by atoms with van der Waals surface area (Å²) in [5, 5.41) is 10.00. The second-order valence-electron chi connectivity index (χ2n) is 5.92. The fraction of sp³-hybridized carbons (Fsp3) is 1.00. The molecule has 0 aliphatic rings. The summed E-state index contributed by atoms with van der Waals surface area (Å²) < 4.78 is 25.8. The summed E-state index contributed by atoms with van der Waals surface area (Å²) in [6.45, 7) is 9.74. The minimum atomic E-state index is -3.26.